The summed E-state index contributed by atoms with van der Waals surface area (Å²) in [5, 5.41) is 5.12. The summed E-state index contributed by atoms with van der Waals surface area (Å²) in [5.74, 6) is -1.67. The fourth-order valence-corrected chi connectivity index (χ4v) is 4.14. The molecule has 0 radical (unpaired) electrons. The van der Waals surface area contributed by atoms with Crippen molar-refractivity contribution in [2.75, 3.05) is 26.2 Å². The van der Waals surface area contributed by atoms with E-state index >= 15 is 0 Å². The van der Waals surface area contributed by atoms with Gasteiger partial charge >= 0.3 is 0 Å². The maximum Gasteiger partial charge on any atom is 0.253 e. The first-order chi connectivity index (χ1) is 15.3. The Morgan fingerprint density at radius 1 is 1.03 bits per heavy atom. The molecule has 3 aromatic rings. The number of aryl methyl sites for hydroxylation is 1. The minimum atomic E-state index is -0.834. The van der Waals surface area contributed by atoms with Gasteiger partial charge in [0, 0.05) is 43.9 Å². The van der Waals surface area contributed by atoms with Gasteiger partial charge in [-0.2, -0.15) is 5.10 Å². The fraction of sp³-hybridized carbons (Fsp3) is 0.333. The lowest BCUT2D eigenvalue weighted by atomic mass is 10.1. The first kappa shape index (κ1) is 22.4. The van der Waals surface area contributed by atoms with Crippen LogP contribution in [-0.4, -0.2) is 51.7 Å². The van der Waals surface area contributed by atoms with Crippen molar-refractivity contribution in [2.45, 2.75) is 26.9 Å². The van der Waals surface area contributed by atoms with Crippen LogP contribution in [0.4, 0.5) is 8.78 Å². The maximum absolute atomic E-state index is 13.9. The number of piperazine rings is 1. The van der Waals surface area contributed by atoms with Gasteiger partial charge in [-0.25, -0.2) is 8.78 Å². The SMILES string of the molecule is Cc1nn(Cc2cccc(C(=O)N3CCN(Cc4cccc(F)c4F)CC3)c2)c(C)c1Cl. The number of carbonyl (C=O) groups is 1. The van der Waals surface area contributed by atoms with Crippen molar-refractivity contribution >= 4 is 17.5 Å². The van der Waals surface area contributed by atoms with Crippen LogP contribution >= 0.6 is 11.6 Å². The van der Waals surface area contributed by atoms with Crippen molar-refractivity contribution < 1.29 is 13.6 Å². The van der Waals surface area contributed by atoms with Crippen LogP contribution in [0, 0.1) is 25.5 Å². The summed E-state index contributed by atoms with van der Waals surface area (Å²) >= 11 is 6.24. The third kappa shape index (κ3) is 4.69. The Labute approximate surface area is 191 Å². The minimum Gasteiger partial charge on any atom is -0.336 e. The van der Waals surface area contributed by atoms with Crippen molar-refractivity contribution in [3.63, 3.8) is 0 Å². The standard InChI is InChI=1S/C24H25ClF2N4O/c1-16-22(25)17(2)31(28-16)14-18-5-3-6-19(13-18)24(32)30-11-9-29(10-12-30)15-20-7-4-8-21(26)23(20)27/h3-8,13H,9-12,14-15H2,1-2H3. The highest BCUT2D eigenvalue weighted by Gasteiger charge is 2.23. The summed E-state index contributed by atoms with van der Waals surface area (Å²) in [7, 11) is 0. The van der Waals surface area contributed by atoms with Crippen LogP contribution in [0.25, 0.3) is 0 Å². The second-order valence-corrected chi connectivity index (χ2v) is 8.50. The molecule has 0 N–H and O–H groups in total. The molecule has 0 unspecified atom stereocenters. The summed E-state index contributed by atoms with van der Waals surface area (Å²) < 4.78 is 29.2. The molecule has 1 fully saturated rings. The van der Waals surface area contributed by atoms with Crippen molar-refractivity contribution in [1.82, 2.24) is 19.6 Å². The summed E-state index contributed by atoms with van der Waals surface area (Å²) in [4.78, 5) is 16.9. The van der Waals surface area contributed by atoms with Gasteiger partial charge in [0.2, 0.25) is 0 Å². The highest BCUT2D eigenvalue weighted by molar-refractivity contribution is 6.31. The number of hydrogen-bond donors (Lipinski definition) is 0. The number of carbonyl (C=O) groups excluding carboxylic acids is 1. The Bertz CT molecular complexity index is 1140. The second kappa shape index (κ2) is 9.38. The van der Waals surface area contributed by atoms with E-state index in [2.05, 4.69) is 5.10 Å². The molecular weight excluding hydrogens is 434 g/mol. The Kier molecular flexibility index (Phi) is 6.58. The summed E-state index contributed by atoms with van der Waals surface area (Å²) in [5.41, 5.74) is 3.61. The molecule has 0 saturated carbocycles. The first-order valence-corrected chi connectivity index (χ1v) is 10.9. The highest BCUT2D eigenvalue weighted by atomic mass is 35.5. The fourth-order valence-electron chi connectivity index (χ4n) is 4.01. The van der Waals surface area contributed by atoms with E-state index in [1.165, 1.54) is 6.07 Å². The molecule has 2 aromatic carbocycles. The Morgan fingerprint density at radius 2 is 1.75 bits per heavy atom. The Hall–Kier alpha value is -2.77. The van der Waals surface area contributed by atoms with Crippen LogP contribution in [0.3, 0.4) is 0 Å². The zero-order chi connectivity index (χ0) is 22.8. The number of nitrogens with zero attached hydrogens (tertiary/aromatic N) is 4. The molecule has 1 aromatic heterocycles. The molecule has 0 bridgehead atoms. The van der Waals surface area contributed by atoms with E-state index in [1.807, 2.05) is 47.7 Å². The van der Waals surface area contributed by atoms with E-state index in [9.17, 15) is 13.6 Å². The topological polar surface area (TPSA) is 41.4 Å². The first-order valence-electron chi connectivity index (χ1n) is 10.6. The molecule has 0 atom stereocenters. The molecule has 2 heterocycles. The predicted octanol–water partition coefficient (Wildman–Crippen LogP) is 4.44. The maximum atomic E-state index is 13.9. The largest absolute Gasteiger partial charge is 0.336 e. The quantitative estimate of drug-likeness (QED) is 0.567. The van der Waals surface area contributed by atoms with Crippen LogP contribution in [0.1, 0.15) is 32.9 Å². The van der Waals surface area contributed by atoms with E-state index in [0.29, 0.717) is 55.4 Å². The predicted molar refractivity (Wildman–Crippen MR) is 120 cm³/mol. The monoisotopic (exact) mass is 458 g/mol. The van der Waals surface area contributed by atoms with Gasteiger partial charge in [-0.3, -0.25) is 14.4 Å². The molecule has 32 heavy (non-hydrogen) atoms. The highest BCUT2D eigenvalue weighted by Crippen LogP contribution is 2.21. The number of rotatable bonds is 5. The average molecular weight is 459 g/mol. The molecule has 0 spiro atoms. The van der Waals surface area contributed by atoms with E-state index in [-0.39, 0.29) is 5.91 Å². The molecule has 1 amide bonds. The molecule has 1 aliphatic rings. The molecule has 168 valence electrons. The molecule has 5 nitrogen and oxygen atoms in total. The van der Waals surface area contributed by atoms with E-state index < -0.39 is 11.6 Å². The van der Waals surface area contributed by atoms with Gasteiger partial charge < -0.3 is 4.90 Å². The lowest BCUT2D eigenvalue weighted by Gasteiger charge is -2.35. The molecule has 1 saturated heterocycles. The number of halogens is 3. The van der Waals surface area contributed by atoms with Gasteiger partial charge in [0.15, 0.2) is 11.6 Å². The van der Waals surface area contributed by atoms with Crippen molar-refractivity contribution in [3.05, 3.63) is 87.2 Å². The third-order valence-electron chi connectivity index (χ3n) is 5.88. The van der Waals surface area contributed by atoms with Gasteiger partial charge in [-0.15, -0.1) is 0 Å². The third-order valence-corrected chi connectivity index (χ3v) is 6.43. The molecular formula is C24H25ClF2N4O. The normalized spacial score (nSPS) is 14.7. The molecule has 4 rings (SSSR count). The van der Waals surface area contributed by atoms with E-state index in [0.717, 1.165) is 23.0 Å². The zero-order valence-electron chi connectivity index (χ0n) is 18.1. The van der Waals surface area contributed by atoms with Gasteiger partial charge in [0.25, 0.3) is 5.91 Å². The summed E-state index contributed by atoms with van der Waals surface area (Å²) in [6.45, 7) is 6.93. The van der Waals surface area contributed by atoms with Crippen LogP contribution in [-0.2, 0) is 13.1 Å². The smallest absolute Gasteiger partial charge is 0.253 e. The van der Waals surface area contributed by atoms with Crippen molar-refractivity contribution in [2.24, 2.45) is 0 Å². The zero-order valence-corrected chi connectivity index (χ0v) is 18.9. The lowest BCUT2D eigenvalue weighted by molar-refractivity contribution is 0.0626. The summed E-state index contributed by atoms with van der Waals surface area (Å²) in [6, 6.07) is 11.8. The Morgan fingerprint density at radius 3 is 2.44 bits per heavy atom. The van der Waals surface area contributed by atoms with Gasteiger partial charge in [-0.05, 0) is 37.6 Å². The van der Waals surface area contributed by atoms with Crippen LogP contribution in [0.2, 0.25) is 5.02 Å². The van der Waals surface area contributed by atoms with Gasteiger partial charge in [-0.1, -0.05) is 35.9 Å². The van der Waals surface area contributed by atoms with Crippen LogP contribution < -0.4 is 0 Å². The molecule has 1 aliphatic heterocycles. The second-order valence-electron chi connectivity index (χ2n) is 8.12. The number of hydrogen-bond acceptors (Lipinski definition) is 3. The van der Waals surface area contributed by atoms with Gasteiger partial charge in [0.1, 0.15) is 0 Å². The van der Waals surface area contributed by atoms with E-state index in [1.54, 1.807) is 11.0 Å². The number of benzene rings is 2. The van der Waals surface area contributed by atoms with Crippen LogP contribution in [0.15, 0.2) is 42.5 Å². The van der Waals surface area contributed by atoms with E-state index in [4.69, 9.17) is 11.6 Å². The number of aromatic nitrogens is 2. The average Bonchev–Trinajstić information content (AvgIpc) is 3.03. The molecule has 8 heteroatoms. The van der Waals surface area contributed by atoms with Crippen molar-refractivity contribution in [1.29, 1.82) is 0 Å². The molecule has 0 aliphatic carbocycles. The number of amides is 1. The summed E-state index contributed by atoms with van der Waals surface area (Å²) in [6.07, 6.45) is 0. The lowest BCUT2D eigenvalue weighted by Crippen LogP contribution is -2.48. The van der Waals surface area contributed by atoms with Crippen molar-refractivity contribution in [3.8, 4) is 0 Å². The van der Waals surface area contributed by atoms with Gasteiger partial charge in [0.05, 0.1) is 23.0 Å². The minimum absolute atomic E-state index is 0.0326. The Balaban J connectivity index is 1.38. The van der Waals surface area contributed by atoms with Crippen LogP contribution in [0.5, 0.6) is 0 Å².